The van der Waals surface area contributed by atoms with Gasteiger partial charge in [-0.25, -0.2) is 0 Å². The Kier molecular flexibility index (Phi) is 3.48. The smallest absolute Gasteiger partial charge is 0.269 e. The standard InChI is InChI=1S/C17H19N5O2/c18-15-8-14(20-21-15)17(24)19-12-7-16(23)22(9-12)13-5-10-3-1-2-4-11(10)6-13/h1-4,8,12-13H,5-7,9H2,(H,19,24)(H3,18,20,21)/t12-/m1/s1. The molecule has 0 spiro atoms. The number of likely N-dealkylation sites (tertiary alicyclic amines) is 1. The molecule has 124 valence electrons. The van der Waals surface area contributed by atoms with E-state index in [-0.39, 0.29) is 29.7 Å². The first-order valence-electron chi connectivity index (χ1n) is 8.08. The number of benzene rings is 1. The third kappa shape index (κ3) is 2.62. The molecule has 4 N–H and O–H groups in total. The largest absolute Gasteiger partial charge is 0.382 e. The Morgan fingerprint density at radius 2 is 1.96 bits per heavy atom. The lowest BCUT2D eigenvalue weighted by atomic mass is 10.1. The van der Waals surface area contributed by atoms with Gasteiger partial charge in [-0.3, -0.25) is 14.7 Å². The summed E-state index contributed by atoms with van der Waals surface area (Å²) in [4.78, 5) is 26.4. The van der Waals surface area contributed by atoms with Gasteiger partial charge >= 0.3 is 0 Å². The minimum atomic E-state index is -0.284. The molecule has 0 bridgehead atoms. The van der Waals surface area contributed by atoms with Crippen LogP contribution < -0.4 is 11.1 Å². The minimum absolute atomic E-state index is 0.0993. The third-order valence-corrected chi connectivity index (χ3v) is 4.81. The van der Waals surface area contributed by atoms with E-state index in [9.17, 15) is 9.59 Å². The summed E-state index contributed by atoms with van der Waals surface area (Å²) >= 11 is 0. The van der Waals surface area contributed by atoms with E-state index in [4.69, 9.17) is 5.73 Å². The molecule has 2 heterocycles. The zero-order valence-electron chi connectivity index (χ0n) is 13.2. The third-order valence-electron chi connectivity index (χ3n) is 4.81. The molecule has 1 saturated heterocycles. The lowest BCUT2D eigenvalue weighted by Gasteiger charge is -2.24. The number of aromatic amines is 1. The van der Waals surface area contributed by atoms with Gasteiger partial charge in [0.1, 0.15) is 11.5 Å². The summed E-state index contributed by atoms with van der Waals surface area (Å²) in [6.07, 6.45) is 2.11. The van der Waals surface area contributed by atoms with Crippen LogP contribution in [0, 0.1) is 0 Å². The Balaban J connectivity index is 1.40. The zero-order chi connectivity index (χ0) is 16.7. The number of amides is 2. The number of H-pyrrole nitrogens is 1. The monoisotopic (exact) mass is 325 g/mol. The first kappa shape index (κ1) is 14.7. The number of nitrogens with one attached hydrogen (secondary N) is 2. The maximum atomic E-state index is 12.4. The summed E-state index contributed by atoms with van der Waals surface area (Å²) in [6.45, 7) is 0.548. The van der Waals surface area contributed by atoms with Gasteiger partial charge in [0.2, 0.25) is 5.91 Å². The van der Waals surface area contributed by atoms with Gasteiger partial charge in [-0.2, -0.15) is 5.10 Å². The van der Waals surface area contributed by atoms with E-state index in [1.807, 2.05) is 17.0 Å². The molecule has 0 radical (unpaired) electrons. The maximum absolute atomic E-state index is 12.4. The van der Waals surface area contributed by atoms with Crippen molar-refractivity contribution in [2.75, 3.05) is 12.3 Å². The van der Waals surface area contributed by atoms with Crippen LogP contribution in [0.25, 0.3) is 0 Å². The predicted molar refractivity (Wildman–Crippen MR) is 88.2 cm³/mol. The fourth-order valence-electron chi connectivity index (χ4n) is 3.65. The highest BCUT2D eigenvalue weighted by molar-refractivity contribution is 5.94. The second-order valence-electron chi connectivity index (χ2n) is 6.46. The van der Waals surface area contributed by atoms with Gasteiger partial charge in [0.15, 0.2) is 0 Å². The van der Waals surface area contributed by atoms with Crippen molar-refractivity contribution in [3.8, 4) is 0 Å². The molecule has 0 saturated carbocycles. The van der Waals surface area contributed by atoms with E-state index >= 15 is 0 Å². The summed E-state index contributed by atoms with van der Waals surface area (Å²) < 4.78 is 0. The van der Waals surface area contributed by atoms with E-state index in [2.05, 4.69) is 27.6 Å². The summed E-state index contributed by atoms with van der Waals surface area (Å²) in [5.74, 6) is 0.0868. The van der Waals surface area contributed by atoms with Crippen molar-refractivity contribution in [1.82, 2.24) is 20.4 Å². The van der Waals surface area contributed by atoms with Gasteiger partial charge in [0.25, 0.3) is 5.91 Å². The highest BCUT2D eigenvalue weighted by Gasteiger charge is 2.37. The van der Waals surface area contributed by atoms with Crippen molar-refractivity contribution in [1.29, 1.82) is 0 Å². The zero-order valence-corrected chi connectivity index (χ0v) is 13.2. The second-order valence-corrected chi connectivity index (χ2v) is 6.46. The summed E-state index contributed by atoms with van der Waals surface area (Å²) in [6, 6.07) is 9.81. The molecule has 4 rings (SSSR count). The number of fused-ring (bicyclic) bond motifs is 1. The van der Waals surface area contributed by atoms with E-state index in [1.165, 1.54) is 17.2 Å². The van der Waals surface area contributed by atoms with Crippen LogP contribution in [0.3, 0.4) is 0 Å². The molecule has 1 fully saturated rings. The fourth-order valence-corrected chi connectivity index (χ4v) is 3.65. The highest BCUT2D eigenvalue weighted by Crippen LogP contribution is 2.28. The molecule has 2 aromatic rings. The number of nitrogens with zero attached hydrogens (tertiary/aromatic N) is 2. The Morgan fingerprint density at radius 3 is 2.58 bits per heavy atom. The molecule has 24 heavy (non-hydrogen) atoms. The van der Waals surface area contributed by atoms with Crippen LogP contribution in [0.2, 0.25) is 0 Å². The number of rotatable bonds is 3. The topological polar surface area (TPSA) is 104 Å². The molecule has 1 aliphatic heterocycles. The summed E-state index contributed by atoms with van der Waals surface area (Å²) in [5.41, 5.74) is 8.45. The first-order chi connectivity index (χ1) is 11.6. The predicted octanol–water partition coefficient (Wildman–Crippen LogP) is 0.490. The number of carbonyl (C=O) groups is 2. The number of carbonyl (C=O) groups excluding carboxylic acids is 2. The van der Waals surface area contributed by atoms with Crippen LogP contribution in [0.5, 0.6) is 0 Å². The van der Waals surface area contributed by atoms with Gasteiger partial charge in [0.05, 0.1) is 6.04 Å². The summed E-state index contributed by atoms with van der Waals surface area (Å²) in [5, 5.41) is 9.21. The van der Waals surface area contributed by atoms with Gasteiger partial charge < -0.3 is 16.0 Å². The molecule has 1 aromatic heterocycles. The van der Waals surface area contributed by atoms with Gasteiger partial charge in [-0.1, -0.05) is 24.3 Å². The molecule has 2 amide bonds. The molecular weight excluding hydrogens is 306 g/mol. The van der Waals surface area contributed by atoms with Crippen molar-refractivity contribution < 1.29 is 9.59 Å². The van der Waals surface area contributed by atoms with Crippen LogP contribution in [0.1, 0.15) is 28.0 Å². The van der Waals surface area contributed by atoms with Crippen molar-refractivity contribution >= 4 is 17.6 Å². The Bertz CT molecular complexity index is 775. The SMILES string of the molecule is Nc1cc(C(=O)N[C@@H]2CC(=O)N(C3Cc4ccccc4C3)C2)[nH]n1. The van der Waals surface area contributed by atoms with E-state index in [0.29, 0.717) is 18.7 Å². The molecular formula is C17H19N5O2. The van der Waals surface area contributed by atoms with E-state index < -0.39 is 0 Å². The van der Waals surface area contributed by atoms with Crippen LogP contribution in [0.4, 0.5) is 5.82 Å². The fraction of sp³-hybridized carbons (Fsp3) is 0.353. The minimum Gasteiger partial charge on any atom is -0.382 e. The molecule has 1 atom stereocenters. The molecule has 0 unspecified atom stereocenters. The average molecular weight is 325 g/mol. The normalized spacial score (nSPS) is 20.4. The second kappa shape index (κ2) is 5.67. The lowest BCUT2D eigenvalue weighted by Crippen LogP contribution is -2.41. The average Bonchev–Trinajstić information content (AvgIpc) is 3.25. The van der Waals surface area contributed by atoms with Crippen molar-refractivity contribution in [2.24, 2.45) is 0 Å². The number of nitrogen functional groups attached to an aromatic ring is 1. The van der Waals surface area contributed by atoms with Gasteiger partial charge in [-0.15, -0.1) is 0 Å². The highest BCUT2D eigenvalue weighted by atomic mass is 16.2. The van der Waals surface area contributed by atoms with Gasteiger partial charge in [-0.05, 0) is 24.0 Å². The van der Waals surface area contributed by atoms with E-state index in [0.717, 1.165) is 12.8 Å². The number of aromatic nitrogens is 2. The number of nitrogens with two attached hydrogens (primary N) is 1. The number of hydrogen-bond donors (Lipinski definition) is 3. The Morgan fingerprint density at radius 1 is 1.25 bits per heavy atom. The van der Waals surface area contributed by atoms with Crippen LogP contribution in [-0.2, 0) is 17.6 Å². The van der Waals surface area contributed by atoms with Crippen molar-refractivity contribution in [3.05, 3.63) is 47.2 Å². The number of anilines is 1. The van der Waals surface area contributed by atoms with Crippen LogP contribution in [0.15, 0.2) is 30.3 Å². The first-order valence-corrected chi connectivity index (χ1v) is 8.08. The maximum Gasteiger partial charge on any atom is 0.269 e. The Hall–Kier alpha value is -2.83. The Labute approximate surface area is 139 Å². The molecule has 1 aromatic carbocycles. The van der Waals surface area contributed by atoms with Crippen LogP contribution >= 0.6 is 0 Å². The van der Waals surface area contributed by atoms with Crippen LogP contribution in [-0.4, -0.2) is 45.5 Å². The summed E-state index contributed by atoms with van der Waals surface area (Å²) in [7, 11) is 0. The van der Waals surface area contributed by atoms with Crippen molar-refractivity contribution in [3.63, 3.8) is 0 Å². The molecule has 2 aliphatic rings. The van der Waals surface area contributed by atoms with Gasteiger partial charge in [0, 0.05) is 25.1 Å². The van der Waals surface area contributed by atoms with Crippen molar-refractivity contribution in [2.45, 2.75) is 31.3 Å². The van der Waals surface area contributed by atoms with E-state index in [1.54, 1.807) is 0 Å². The lowest BCUT2D eigenvalue weighted by molar-refractivity contribution is -0.129. The molecule has 7 nitrogen and oxygen atoms in total. The molecule has 7 heteroatoms. The molecule has 1 aliphatic carbocycles. The quantitative estimate of drug-likeness (QED) is 0.764. The number of hydrogen-bond acceptors (Lipinski definition) is 4.